The second-order valence-electron chi connectivity index (χ2n) is 4.18. The van der Waals surface area contributed by atoms with Gasteiger partial charge in [-0.25, -0.2) is 0 Å². The SMILES string of the molecule is Cc1ccc(C(CN)Nc2cccc(Br)c2)cn1. The predicted octanol–water partition coefficient (Wildman–Crippen LogP) is 3.26. The van der Waals surface area contributed by atoms with E-state index < -0.39 is 0 Å². The molecule has 1 aromatic heterocycles. The monoisotopic (exact) mass is 305 g/mol. The molecule has 0 radical (unpaired) electrons. The minimum absolute atomic E-state index is 0.0763. The Kier molecular flexibility index (Phi) is 4.33. The Bertz CT molecular complexity index is 511. The van der Waals surface area contributed by atoms with Gasteiger partial charge in [0, 0.05) is 28.6 Å². The topological polar surface area (TPSA) is 50.9 Å². The van der Waals surface area contributed by atoms with E-state index in [9.17, 15) is 0 Å². The normalized spacial score (nSPS) is 12.2. The van der Waals surface area contributed by atoms with Gasteiger partial charge in [-0.15, -0.1) is 0 Å². The van der Waals surface area contributed by atoms with Crippen LogP contribution in [0, 0.1) is 6.92 Å². The number of anilines is 1. The molecular formula is C14H16BrN3. The van der Waals surface area contributed by atoms with Gasteiger partial charge in [0.25, 0.3) is 0 Å². The molecule has 0 spiro atoms. The molecule has 0 saturated carbocycles. The first-order valence-electron chi connectivity index (χ1n) is 5.84. The van der Waals surface area contributed by atoms with Gasteiger partial charge in [0.15, 0.2) is 0 Å². The standard InChI is InChI=1S/C14H16BrN3/c1-10-5-6-11(9-17-10)14(8-16)18-13-4-2-3-12(15)7-13/h2-7,9,14,18H,8,16H2,1H3. The zero-order chi connectivity index (χ0) is 13.0. The number of rotatable bonds is 4. The van der Waals surface area contributed by atoms with Gasteiger partial charge in [-0.1, -0.05) is 28.1 Å². The summed E-state index contributed by atoms with van der Waals surface area (Å²) in [4.78, 5) is 4.30. The minimum atomic E-state index is 0.0763. The number of nitrogens with one attached hydrogen (secondary N) is 1. The molecular weight excluding hydrogens is 290 g/mol. The van der Waals surface area contributed by atoms with Crippen molar-refractivity contribution in [3.05, 3.63) is 58.3 Å². The van der Waals surface area contributed by atoms with E-state index in [4.69, 9.17) is 5.73 Å². The second-order valence-corrected chi connectivity index (χ2v) is 5.09. The zero-order valence-corrected chi connectivity index (χ0v) is 11.8. The molecule has 94 valence electrons. The molecule has 0 fully saturated rings. The lowest BCUT2D eigenvalue weighted by molar-refractivity contribution is 0.783. The van der Waals surface area contributed by atoms with Crippen molar-refractivity contribution in [3.8, 4) is 0 Å². The quantitative estimate of drug-likeness (QED) is 0.911. The van der Waals surface area contributed by atoms with E-state index >= 15 is 0 Å². The van der Waals surface area contributed by atoms with Crippen LogP contribution in [-0.4, -0.2) is 11.5 Å². The van der Waals surface area contributed by atoms with Gasteiger partial charge in [0.1, 0.15) is 0 Å². The lowest BCUT2D eigenvalue weighted by atomic mass is 10.1. The third-order valence-electron chi connectivity index (χ3n) is 2.74. The molecule has 0 bridgehead atoms. The molecule has 0 aliphatic rings. The van der Waals surface area contributed by atoms with Crippen LogP contribution < -0.4 is 11.1 Å². The average Bonchev–Trinajstić information content (AvgIpc) is 2.37. The van der Waals surface area contributed by atoms with Gasteiger partial charge in [-0.05, 0) is 36.8 Å². The molecule has 3 nitrogen and oxygen atoms in total. The summed E-state index contributed by atoms with van der Waals surface area (Å²) in [6.45, 7) is 2.50. The highest BCUT2D eigenvalue weighted by Gasteiger charge is 2.09. The van der Waals surface area contributed by atoms with Crippen LogP contribution in [-0.2, 0) is 0 Å². The van der Waals surface area contributed by atoms with Crippen LogP contribution in [0.5, 0.6) is 0 Å². The largest absolute Gasteiger partial charge is 0.377 e. The van der Waals surface area contributed by atoms with Crippen molar-refractivity contribution in [2.75, 3.05) is 11.9 Å². The average molecular weight is 306 g/mol. The van der Waals surface area contributed by atoms with Crippen molar-refractivity contribution in [1.29, 1.82) is 0 Å². The molecule has 1 aromatic carbocycles. The first kappa shape index (κ1) is 13.1. The van der Waals surface area contributed by atoms with Gasteiger partial charge in [0.2, 0.25) is 0 Å². The number of pyridine rings is 1. The Balaban J connectivity index is 2.17. The summed E-state index contributed by atoms with van der Waals surface area (Å²) in [5.74, 6) is 0. The number of aromatic nitrogens is 1. The maximum Gasteiger partial charge on any atom is 0.0651 e. The highest BCUT2D eigenvalue weighted by molar-refractivity contribution is 9.10. The lowest BCUT2D eigenvalue weighted by Gasteiger charge is -2.18. The van der Waals surface area contributed by atoms with Crippen molar-refractivity contribution in [2.45, 2.75) is 13.0 Å². The first-order chi connectivity index (χ1) is 8.69. The number of hydrogen-bond acceptors (Lipinski definition) is 3. The Labute approximate surface area is 116 Å². The first-order valence-corrected chi connectivity index (χ1v) is 6.63. The van der Waals surface area contributed by atoms with Crippen molar-refractivity contribution >= 4 is 21.6 Å². The van der Waals surface area contributed by atoms with E-state index in [2.05, 4.69) is 32.3 Å². The van der Waals surface area contributed by atoms with Crippen molar-refractivity contribution in [1.82, 2.24) is 4.98 Å². The Morgan fingerprint density at radius 2 is 2.17 bits per heavy atom. The summed E-state index contributed by atoms with van der Waals surface area (Å²) in [5, 5.41) is 3.41. The van der Waals surface area contributed by atoms with Gasteiger partial charge < -0.3 is 11.1 Å². The molecule has 1 unspecified atom stereocenters. The summed E-state index contributed by atoms with van der Waals surface area (Å²) >= 11 is 3.46. The molecule has 0 aliphatic carbocycles. The fraction of sp³-hybridized carbons (Fsp3) is 0.214. The van der Waals surface area contributed by atoms with Crippen molar-refractivity contribution < 1.29 is 0 Å². The molecule has 0 amide bonds. The summed E-state index contributed by atoms with van der Waals surface area (Å²) in [6, 6.07) is 12.2. The van der Waals surface area contributed by atoms with Crippen LogP contribution in [0.25, 0.3) is 0 Å². The van der Waals surface area contributed by atoms with Crippen LogP contribution in [0.2, 0.25) is 0 Å². The smallest absolute Gasteiger partial charge is 0.0651 e. The fourth-order valence-electron chi connectivity index (χ4n) is 1.74. The minimum Gasteiger partial charge on any atom is -0.377 e. The highest BCUT2D eigenvalue weighted by Crippen LogP contribution is 2.21. The van der Waals surface area contributed by atoms with Crippen LogP contribution >= 0.6 is 15.9 Å². The number of aryl methyl sites for hydroxylation is 1. The molecule has 1 heterocycles. The summed E-state index contributed by atoms with van der Waals surface area (Å²) in [7, 11) is 0. The molecule has 2 aromatic rings. The molecule has 3 N–H and O–H groups in total. The third kappa shape index (κ3) is 3.31. The Morgan fingerprint density at radius 1 is 1.33 bits per heavy atom. The molecule has 2 rings (SSSR count). The lowest BCUT2D eigenvalue weighted by Crippen LogP contribution is -2.20. The van der Waals surface area contributed by atoms with Gasteiger partial charge in [-0.2, -0.15) is 0 Å². The number of halogens is 1. The van der Waals surface area contributed by atoms with E-state index in [1.165, 1.54) is 0 Å². The van der Waals surface area contributed by atoms with E-state index in [0.29, 0.717) is 6.54 Å². The number of benzene rings is 1. The van der Waals surface area contributed by atoms with Gasteiger partial charge in [-0.3, -0.25) is 4.98 Å². The summed E-state index contributed by atoms with van der Waals surface area (Å²) in [6.07, 6.45) is 1.87. The molecule has 18 heavy (non-hydrogen) atoms. The number of nitrogens with zero attached hydrogens (tertiary/aromatic N) is 1. The predicted molar refractivity (Wildman–Crippen MR) is 78.5 cm³/mol. The number of nitrogens with two attached hydrogens (primary N) is 1. The van der Waals surface area contributed by atoms with E-state index in [1.807, 2.05) is 43.5 Å². The second kappa shape index (κ2) is 5.98. The van der Waals surface area contributed by atoms with Crippen LogP contribution in [0.4, 0.5) is 5.69 Å². The van der Waals surface area contributed by atoms with Gasteiger partial charge in [0.05, 0.1) is 6.04 Å². The zero-order valence-electron chi connectivity index (χ0n) is 10.2. The van der Waals surface area contributed by atoms with Crippen LogP contribution in [0.1, 0.15) is 17.3 Å². The van der Waals surface area contributed by atoms with Crippen LogP contribution in [0.3, 0.4) is 0 Å². The molecule has 1 atom stereocenters. The Hall–Kier alpha value is -1.39. The summed E-state index contributed by atoms with van der Waals surface area (Å²) in [5.41, 5.74) is 8.98. The fourth-order valence-corrected chi connectivity index (χ4v) is 2.14. The van der Waals surface area contributed by atoms with Gasteiger partial charge >= 0.3 is 0 Å². The van der Waals surface area contributed by atoms with E-state index in [1.54, 1.807) is 0 Å². The summed E-state index contributed by atoms with van der Waals surface area (Å²) < 4.78 is 1.05. The Morgan fingerprint density at radius 3 is 2.78 bits per heavy atom. The molecule has 0 aliphatic heterocycles. The maximum absolute atomic E-state index is 5.83. The molecule has 4 heteroatoms. The van der Waals surface area contributed by atoms with E-state index in [-0.39, 0.29) is 6.04 Å². The maximum atomic E-state index is 5.83. The van der Waals surface area contributed by atoms with E-state index in [0.717, 1.165) is 21.4 Å². The van der Waals surface area contributed by atoms with Crippen molar-refractivity contribution in [2.24, 2.45) is 5.73 Å². The highest BCUT2D eigenvalue weighted by atomic mass is 79.9. The third-order valence-corrected chi connectivity index (χ3v) is 3.23. The molecule has 0 saturated heterocycles. The van der Waals surface area contributed by atoms with Crippen molar-refractivity contribution in [3.63, 3.8) is 0 Å². The number of hydrogen-bond donors (Lipinski definition) is 2. The van der Waals surface area contributed by atoms with Crippen LogP contribution in [0.15, 0.2) is 47.1 Å².